The highest BCUT2D eigenvalue weighted by Gasteiger charge is 2.51. The van der Waals surface area contributed by atoms with Crippen molar-refractivity contribution in [2.24, 2.45) is 34.0 Å². The Bertz CT molecular complexity index is 1700. The molecule has 16 nitrogen and oxygen atoms in total. The van der Waals surface area contributed by atoms with E-state index in [0.29, 0.717) is 18.7 Å². The molecule has 16 heteroatoms. The van der Waals surface area contributed by atoms with E-state index in [1.165, 1.54) is 6.92 Å². The second-order valence-corrected chi connectivity index (χ2v) is 22.0. The Labute approximate surface area is 425 Å². The van der Waals surface area contributed by atoms with E-state index < -0.39 is 38.3 Å². The van der Waals surface area contributed by atoms with Crippen molar-refractivity contribution in [2.45, 2.75) is 207 Å². The second kappa shape index (κ2) is 31.9. The van der Waals surface area contributed by atoms with Gasteiger partial charge in [-0.05, 0) is 54.9 Å². The van der Waals surface area contributed by atoms with Crippen LogP contribution in [0.25, 0.3) is 0 Å². The van der Waals surface area contributed by atoms with E-state index in [0.717, 1.165) is 7.11 Å². The van der Waals surface area contributed by atoms with E-state index in [9.17, 15) is 28.8 Å². The number of rotatable bonds is 32. The summed E-state index contributed by atoms with van der Waals surface area (Å²) in [5, 5.41) is 22.4. The lowest BCUT2D eigenvalue weighted by molar-refractivity contribution is -0.142. The van der Waals surface area contributed by atoms with Gasteiger partial charge in [-0.2, -0.15) is 0 Å². The smallest absolute Gasteiger partial charge is 0.228 e. The van der Waals surface area contributed by atoms with Crippen LogP contribution in [0.2, 0.25) is 0 Å². The van der Waals surface area contributed by atoms with Crippen LogP contribution in [-0.4, -0.2) is 126 Å². The lowest BCUT2D eigenvalue weighted by Crippen LogP contribution is -2.63. The summed E-state index contributed by atoms with van der Waals surface area (Å²) < 4.78 is 25.9. The number of carbonyl (C=O) groups excluding carboxylic acids is 6. The predicted octanol–water partition coefficient (Wildman–Crippen LogP) is 8.67. The van der Waals surface area contributed by atoms with E-state index in [1.54, 1.807) is 24.7 Å². The van der Waals surface area contributed by atoms with Crippen molar-refractivity contribution in [3.63, 3.8) is 0 Å². The molecule has 2 amide bonds. The van der Waals surface area contributed by atoms with E-state index in [4.69, 9.17) is 24.1 Å². The SMILES string of the molecule is CC.CC.CC(=O)CCOCC(COCCC(=O)C(C)C)(COCCC(=O)C(C)C)NC(=O)C(C)(C)C(C)(C)n1cc(C(C)(C)C(C)(C)C(=O)NCC(C)(C)OCCC(C)(C)C(=O)C(C)C)nn1.CO. The number of aliphatic hydroxyl groups is 1. The predicted molar refractivity (Wildman–Crippen MR) is 280 cm³/mol. The fourth-order valence-electron chi connectivity index (χ4n) is 6.62. The molecule has 70 heavy (non-hydrogen) atoms. The Hall–Kier alpha value is -3.44. The van der Waals surface area contributed by atoms with Gasteiger partial charge in [-0.3, -0.25) is 28.8 Å². The third-order valence-electron chi connectivity index (χ3n) is 13.4. The number of nitrogens with zero attached hydrogens (tertiary/aromatic N) is 3. The van der Waals surface area contributed by atoms with Crippen molar-refractivity contribution in [3.8, 4) is 0 Å². The summed E-state index contributed by atoms with van der Waals surface area (Å²) in [5.41, 5.74) is -5.92. The highest BCUT2D eigenvalue weighted by atomic mass is 16.5. The van der Waals surface area contributed by atoms with Crippen LogP contribution in [0.4, 0.5) is 0 Å². The summed E-state index contributed by atoms with van der Waals surface area (Å²) >= 11 is 0. The Kier molecular flexibility index (Phi) is 32.3. The van der Waals surface area contributed by atoms with Crippen molar-refractivity contribution in [1.29, 1.82) is 0 Å². The highest BCUT2D eigenvalue weighted by molar-refractivity contribution is 5.86. The molecule has 1 rings (SSSR count). The van der Waals surface area contributed by atoms with Crippen molar-refractivity contribution in [2.75, 3.05) is 59.9 Å². The largest absolute Gasteiger partial charge is 0.400 e. The van der Waals surface area contributed by atoms with Gasteiger partial charge in [0.1, 0.15) is 28.7 Å². The van der Waals surface area contributed by atoms with E-state index in [-0.39, 0.29) is 118 Å². The summed E-state index contributed by atoms with van der Waals surface area (Å²) in [4.78, 5) is 77.9. The minimum absolute atomic E-state index is 0.0413. The molecule has 0 aliphatic heterocycles. The van der Waals surface area contributed by atoms with Gasteiger partial charge < -0.3 is 34.7 Å². The third kappa shape index (κ3) is 22.1. The third-order valence-corrected chi connectivity index (χ3v) is 13.4. The van der Waals surface area contributed by atoms with Gasteiger partial charge in [0.15, 0.2) is 0 Å². The molecule has 0 spiro atoms. The number of hydrogen-bond donors (Lipinski definition) is 3. The van der Waals surface area contributed by atoms with E-state index in [2.05, 4.69) is 20.9 Å². The Morgan fingerprint density at radius 2 is 1.06 bits per heavy atom. The number of ether oxygens (including phenoxy) is 4. The summed E-state index contributed by atoms with van der Waals surface area (Å²) in [5.74, 6) is -0.748. The molecule has 0 aromatic carbocycles. The number of Topliss-reactive ketones (excluding diaryl/α,β-unsaturated/α-hetero) is 4. The molecule has 0 fully saturated rings. The maximum absolute atomic E-state index is 14.7. The van der Waals surface area contributed by atoms with Gasteiger partial charge >= 0.3 is 0 Å². The van der Waals surface area contributed by atoms with Crippen LogP contribution in [0, 0.1) is 34.0 Å². The molecule has 1 heterocycles. The highest BCUT2D eigenvalue weighted by Crippen LogP contribution is 2.43. The summed E-state index contributed by atoms with van der Waals surface area (Å²) in [6.45, 7) is 43.9. The van der Waals surface area contributed by atoms with E-state index >= 15 is 0 Å². The quantitative estimate of drug-likeness (QED) is 0.0577. The van der Waals surface area contributed by atoms with Gasteiger partial charge in [0.2, 0.25) is 11.8 Å². The molecular weight excluding hydrogens is 895 g/mol. The molecule has 0 aliphatic carbocycles. The molecule has 0 saturated heterocycles. The summed E-state index contributed by atoms with van der Waals surface area (Å²) in [6, 6.07) is 0. The topological polar surface area (TPSA) is 214 Å². The fourth-order valence-corrected chi connectivity index (χ4v) is 6.62. The Balaban J connectivity index is -0.00000718. The van der Waals surface area contributed by atoms with Gasteiger partial charge in [0.25, 0.3) is 0 Å². The molecule has 0 bridgehead atoms. The van der Waals surface area contributed by atoms with Crippen LogP contribution < -0.4 is 10.6 Å². The second-order valence-electron chi connectivity index (χ2n) is 22.0. The summed E-state index contributed by atoms with van der Waals surface area (Å²) in [6.07, 6.45) is 2.89. The molecule has 0 aliphatic rings. The van der Waals surface area contributed by atoms with Crippen molar-refractivity contribution >= 4 is 34.9 Å². The maximum Gasteiger partial charge on any atom is 0.228 e. The number of nitrogens with one attached hydrogen (secondary N) is 2. The molecule has 0 saturated carbocycles. The number of hydrogen-bond acceptors (Lipinski definition) is 13. The van der Waals surface area contributed by atoms with Crippen molar-refractivity contribution < 1.29 is 52.8 Å². The number of aromatic nitrogens is 3. The van der Waals surface area contributed by atoms with Gasteiger partial charge in [-0.25, -0.2) is 4.68 Å². The molecule has 3 N–H and O–H groups in total. The average Bonchev–Trinajstić information content (AvgIpc) is 3.81. The van der Waals surface area contributed by atoms with Crippen molar-refractivity contribution in [3.05, 3.63) is 11.9 Å². The number of amides is 2. The van der Waals surface area contributed by atoms with E-state index in [1.807, 2.05) is 138 Å². The van der Waals surface area contributed by atoms with Gasteiger partial charge in [0.05, 0.1) is 67.3 Å². The molecule has 410 valence electrons. The molecule has 1 aromatic rings. The number of aliphatic hydroxyl groups excluding tert-OH is 1. The van der Waals surface area contributed by atoms with Crippen LogP contribution in [0.5, 0.6) is 0 Å². The first-order chi connectivity index (χ1) is 32.1. The molecule has 0 atom stereocenters. The van der Waals surface area contributed by atoms with Crippen LogP contribution >= 0.6 is 0 Å². The van der Waals surface area contributed by atoms with Gasteiger partial charge in [-0.1, -0.05) is 116 Å². The zero-order valence-electron chi connectivity index (χ0n) is 48.7. The fraction of sp³-hybridized carbons (Fsp3) is 0.852. The lowest BCUT2D eigenvalue weighted by Gasteiger charge is -2.43. The normalized spacial score (nSPS) is 12.6. The zero-order chi connectivity index (χ0) is 55.7. The zero-order valence-corrected chi connectivity index (χ0v) is 48.7. The maximum atomic E-state index is 14.7. The number of carbonyl (C=O) groups is 6. The average molecular weight is 998 g/mol. The minimum atomic E-state index is -1.26. The Morgan fingerprint density at radius 3 is 1.46 bits per heavy atom. The monoisotopic (exact) mass is 998 g/mol. The van der Waals surface area contributed by atoms with Crippen LogP contribution in [0.15, 0.2) is 6.20 Å². The lowest BCUT2D eigenvalue weighted by atomic mass is 9.65. The molecule has 0 unspecified atom stereocenters. The van der Waals surface area contributed by atoms with Gasteiger partial charge in [0, 0.05) is 74.3 Å². The first-order valence-corrected chi connectivity index (χ1v) is 25.6. The van der Waals surface area contributed by atoms with Crippen LogP contribution in [0.1, 0.15) is 191 Å². The summed E-state index contributed by atoms with van der Waals surface area (Å²) in [7, 11) is 1.00. The van der Waals surface area contributed by atoms with Crippen LogP contribution in [-0.2, 0) is 58.7 Å². The number of ketones is 4. The standard InChI is InChI=1S/C49H87N5O10.2C2H6.CH4O/c1-33(2)37(56)21-25-62-31-49(30-61-24-20-36(7)55,32-63-26-22-38(57)34(3)4)51-42(60)47(16,17)48(18,19)54-28-39(52-53-54)45(12,13)46(14,15)41(59)50-29-44(10,11)64-27-23-43(8,9)40(58)35(5)6;3*1-2/h28,33-35H,20-27,29-32H2,1-19H3,(H,50,59)(H,51,60);2*1-2H3;2H,1H3. The molecular formula is C54H103N5O11. The first-order valence-electron chi connectivity index (χ1n) is 25.6. The van der Waals surface area contributed by atoms with Crippen LogP contribution in [0.3, 0.4) is 0 Å². The van der Waals surface area contributed by atoms with Crippen molar-refractivity contribution in [1.82, 2.24) is 25.6 Å². The molecule has 0 radical (unpaired) electrons. The Morgan fingerprint density at radius 1 is 0.629 bits per heavy atom. The first kappa shape index (κ1) is 70.8. The molecule has 1 aromatic heterocycles. The minimum Gasteiger partial charge on any atom is -0.400 e. The van der Waals surface area contributed by atoms with Gasteiger partial charge in [-0.15, -0.1) is 5.10 Å².